The fourth-order valence-electron chi connectivity index (χ4n) is 2.36. The molecule has 0 amide bonds. The Kier molecular flexibility index (Phi) is 5.80. The number of hydrogen-bond donors (Lipinski definition) is 1. The monoisotopic (exact) mass is 349 g/mol. The molecule has 2 aromatic rings. The van der Waals surface area contributed by atoms with E-state index < -0.39 is 0 Å². The van der Waals surface area contributed by atoms with Crippen LogP contribution in [0.2, 0.25) is 0 Å². The van der Waals surface area contributed by atoms with E-state index in [4.69, 9.17) is 0 Å². The maximum absolute atomic E-state index is 13.1. The van der Waals surface area contributed by atoms with Crippen LogP contribution >= 0.6 is 15.9 Å². The van der Waals surface area contributed by atoms with E-state index in [0.717, 1.165) is 35.0 Å². The summed E-state index contributed by atoms with van der Waals surface area (Å²) in [5, 5.41) is 3.59. The molecule has 0 spiro atoms. The molecule has 0 saturated heterocycles. The van der Waals surface area contributed by atoms with Crippen LogP contribution in [0.15, 0.2) is 46.9 Å². The van der Waals surface area contributed by atoms with Crippen molar-refractivity contribution in [3.05, 3.63) is 63.9 Å². The van der Waals surface area contributed by atoms with Gasteiger partial charge in [0.1, 0.15) is 5.82 Å². The molecule has 0 aliphatic heterocycles. The van der Waals surface area contributed by atoms with Gasteiger partial charge < -0.3 is 5.32 Å². The number of nitrogens with one attached hydrogen (secondary N) is 1. The van der Waals surface area contributed by atoms with Gasteiger partial charge in [0, 0.05) is 10.2 Å². The number of anilines is 1. The molecule has 0 fully saturated rings. The first-order chi connectivity index (χ1) is 10.1. The zero-order valence-corrected chi connectivity index (χ0v) is 14.1. The standard InChI is InChI=1S/C18H21BrFN/c1-3-4-5-17(14-7-9-15(20)10-8-14)21-18-12-13(2)6-11-16(18)19/h6-12,17,21H,3-5H2,1-2H3. The third-order valence-electron chi connectivity index (χ3n) is 3.57. The Morgan fingerprint density at radius 2 is 1.86 bits per heavy atom. The van der Waals surface area contributed by atoms with Crippen molar-refractivity contribution >= 4 is 21.6 Å². The Morgan fingerprint density at radius 3 is 2.52 bits per heavy atom. The zero-order valence-electron chi connectivity index (χ0n) is 12.5. The molecule has 0 heterocycles. The lowest BCUT2D eigenvalue weighted by molar-refractivity contribution is 0.616. The maximum atomic E-state index is 13.1. The van der Waals surface area contributed by atoms with E-state index in [1.807, 2.05) is 12.1 Å². The lowest BCUT2D eigenvalue weighted by Crippen LogP contribution is -2.11. The number of hydrogen-bond acceptors (Lipinski definition) is 1. The summed E-state index contributed by atoms with van der Waals surface area (Å²) in [6, 6.07) is 13.3. The van der Waals surface area contributed by atoms with Crippen molar-refractivity contribution in [1.82, 2.24) is 0 Å². The molecule has 0 bridgehead atoms. The molecule has 2 aromatic carbocycles. The van der Waals surface area contributed by atoms with Gasteiger partial charge in [0.25, 0.3) is 0 Å². The largest absolute Gasteiger partial charge is 0.377 e. The molecular weight excluding hydrogens is 329 g/mol. The fraction of sp³-hybridized carbons (Fsp3) is 0.333. The third-order valence-corrected chi connectivity index (χ3v) is 4.26. The Morgan fingerprint density at radius 1 is 1.14 bits per heavy atom. The number of unbranched alkanes of at least 4 members (excludes halogenated alkanes) is 1. The molecule has 1 unspecified atom stereocenters. The summed E-state index contributed by atoms with van der Waals surface area (Å²) in [6.07, 6.45) is 3.31. The van der Waals surface area contributed by atoms with Gasteiger partial charge in [-0.1, -0.05) is 38.0 Å². The lowest BCUT2D eigenvalue weighted by Gasteiger charge is -2.21. The summed E-state index contributed by atoms with van der Waals surface area (Å²) >= 11 is 3.59. The first kappa shape index (κ1) is 16.0. The molecular formula is C18H21BrFN. The van der Waals surface area contributed by atoms with Crippen LogP contribution in [-0.2, 0) is 0 Å². The molecule has 112 valence electrons. The van der Waals surface area contributed by atoms with Crippen LogP contribution in [0.25, 0.3) is 0 Å². The SMILES string of the molecule is CCCCC(Nc1cc(C)ccc1Br)c1ccc(F)cc1. The van der Waals surface area contributed by atoms with E-state index in [1.54, 1.807) is 0 Å². The molecule has 1 N–H and O–H groups in total. The second-order valence-corrected chi connectivity index (χ2v) is 6.23. The summed E-state index contributed by atoms with van der Waals surface area (Å²) < 4.78 is 14.2. The summed E-state index contributed by atoms with van der Waals surface area (Å²) in [6.45, 7) is 4.26. The van der Waals surface area contributed by atoms with E-state index in [9.17, 15) is 4.39 Å². The van der Waals surface area contributed by atoms with Crippen LogP contribution in [0.1, 0.15) is 43.4 Å². The fourth-order valence-corrected chi connectivity index (χ4v) is 2.72. The highest BCUT2D eigenvalue weighted by atomic mass is 79.9. The number of halogens is 2. The highest BCUT2D eigenvalue weighted by molar-refractivity contribution is 9.10. The smallest absolute Gasteiger partial charge is 0.123 e. The van der Waals surface area contributed by atoms with Gasteiger partial charge in [-0.25, -0.2) is 4.39 Å². The van der Waals surface area contributed by atoms with Crippen LogP contribution < -0.4 is 5.32 Å². The molecule has 0 aliphatic carbocycles. The molecule has 21 heavy (non-hydrogen) atoms. The summed E-state index contributed by atoms with van der Waals surface area (Å²) in [7, 11) is 0. The second kappa shape index (κ2) is 7.60. The average molecular weight is 350 g/mol. The van der Waals surface area contributed by atoms with Crippen LogP contribution in [0.3, 0.4) is 0 Å². The van der Waals surface area contributed by atoms with Crippen molar-refractivity contribution in [2.45, 2.75) is 39.2 Å². The van der Waals surface area contributed by atoms with Gasteiger partial charge >= 0.3 is 0 Å². The van der Waals surface area contributed by atoms with Gasteiger partial charge in [-0.3, -0.25) is 0 Å². The molecule has 2 rings (SSSR count). The molecule has 0 aromatic heterocycles. The van der Waals surface area contributed by atoms with E-state index in [1.165, 1.54) is 17.7 Å². The maximum Gasteiger partial charge on any atom is 0.123 e. The molecule has 1 atom stereocenters. The van der Waals surface area contributed by atoms with Crippen molar-refractivity contribution < 1.29 is 4.39 Å². The average Bonchev–Trinajstić information content (AvgIpc) is 2.48. The number of rotatable bonds is 6. The Labute approximate surface area is 134 Å². The van der Waals surface area contributed by atoms with Gasteiger partial charge in [-0.05, 0) is 64.7 Å². The van der Waals surface area contributed by atoms with Gasteiger partial charge in [0.15, 0.2) is 0 Å². The van der Waals surface area contributed by atoms with Crippen molar-refractivity contribution in [2.24, 2.45) is 0 Å². The first-order valence-electron chi connectivity index (χ1n) is 7.38. The third kappa shape index (κ3) is 4.57. The quantitative estimate of drug-likeness (QED) is 0.650. The van der Waals surface area contributed by atoms with Gasteiger partial charge in [0.2, 0.25) is 0 Å². The normalized spacial score (nSPS) is 12.2. The summed E-state index contributed by atoms with van der Waals surface area (Å²) in [5.41, 5.74) is 3.42. The molecule has 1 nitrogen and oxygen atoms in total. The molecule has 3 heteroatoms. The Hall–Kier alpha value is -1.35. The predicted molar refractivity (Wildman–Crippen MR) is 91.2 cm³/mol. The van der Waals surface area contributed by atoms with Crippen molar-refractivity contribution in [1.29, 1.82) is 0 Å². The van der Waals surface area contributed by atoms with Gasteiger partial charge in [-0.2, -0.15) is 0 Å². The Bertz CT molecular complexity index is 580. The van der Waals surface area contributed by atoms with Crippen molar-refractivity contribution in [3.8, 4) is 0 Å². The zero-order chi connectivity index (χ0) is 15.2. The van der Waals surface area contributed by atoms with Crippen molar-refractivity contribution in [2.75, 3.05) is 5.32 Å². The van der Waals surface area contributed by atoms with E-state index in [0.29, 0.717) is 0 Å². The highest BCUT2D eigenvalue weighted by Gasteiger charge is 2.12. The summed E-state index contributed by atoms with van der Waals surface area (Å²) in [4.78, 5) is 0. The van der Waals surface area contributed by atoms with Crippen molar-refractivity contribution in [3.63, 3.8) is 0 Å². The number of aryl methyl sites for hydroxylation is 1. The minimum Gasteiger partial charge on any atom is -0.377 e. The molecule has 0 aliphatic rings. The minimum absolute atomic E-state index is 0.190. The summed E-state index contributed by atoms with van der Waals surface area (Å²) in [5.74, 6) is -0.190. The van der Waals surface area contributed by atoms with Crippen LogP contribution in [0, 0.1) is 12.7 Å². The second-order valence-electron chi connectivity index (χ2n) is 5.37. The lowest BCUT2D eigenvalue weighted by atomic mass is 10.0. The van der Waals surface area contributed by atoms with Crippen LogP contribution in [-0.4, -0.2) is 0 Å². The van der Waals surface area contributed by atoms with Gasteiger partial charge in [-0.15, -0.1) is 0 Å². The highest BCUT2D eigenvalue weighted by Crippen LogP contribution is 2.30. The van der Waals surface area contributed by atoms with E-state index in [2.05, 4.69) is 53.3 Å². The molecule has 0 saturated carbocycles. The number of benzene rings is 2. The van der Waals surface area contributed by atoms with E-state index >= 15 is 0 Å². The first-order valence-corrected chi connectivity index (χ1v) is 8.17. The topological polar surface area (TPSA) is 12.0 Å². The Balaban J connectivity index is 2.23. The minimum atomic E-state index is -0.190. The van der Waals surface area contributed by atoms with E-state index in [-0.39, 0.29) is 11.9 Å². The van der Waals surface area contributed by atoms with Crippen LogP contribution in [0.4, 0.5) is 10.1 Å². The van der Waals surface area contributed by atoms with Gasteiger partial charge in [0.05, 0.1) is 6.04 Å². The van der Waals surface area contributed by atoms with Crippen LogP contribution in [0.5, 0.6) is 0 Å². The predicted octanol–water partition coefficient (Wildman–Crippen LogP) is 6.24. The molecule has 0 radical (unpaired) electrons.